The third-order valence-electron chi connectivity index (χ3n) is 4.59. The summed E-state index contributed by atoms with van der Waals surface area (Å²) < 4.78 is 2.31. The zero-order valence-electron chi connectivity index (χ0n) is 14.9. The highest BCUT2D eigenvalue weighted by Gasteiger charge is 2.23. The molecule has 6 nitrogen and oxygen atoms in total. The average Bonchev–Trinajstić information content (AvgIpc) is 3.29. The number of aryl methyl sites for hydroxylation is 1. The van der Waals surface area contributed by atoms with Crippen LogP contribution in [0.15, 0.2) is 29.4 Å². The quantitative estimate of drug-likeness (QED) is 0.535. The Labute approximate surface area is 163 Å². The number of carbonyl (C=O) groups excluding carboxylic acids is 1. The lowest BCUT2D eigenvalue weighted by molar-refractivity contribution is 0.252. The number of para-hydroxylation sites is 1. The zero-order valence-corrected chi connectivity index (χ0v) is 16.4. The van der Waals surface area contributed by atoms with Gasteiger partial charge in [0.1, 0.15) is 5.82 Å². The van der Waals surface area contributed by atoms with Gasteiger partial charge in [0.05, 0.1) is 10.7 Å². The second kappa shape index (κ2) is 9.28. The number of amides is 2. The van der Waals surface area contributed by atoms with Crippen LogP contribution in [-0.4, -0.2) is 33.6 Å². The molecule has 0 unspecified atom stereocenters. The molecule has 0 saturated heterocycles. The summed E-state index contributed by atoms with van der Waals surface area (Å²) in [5.41, 5.74) is 0.609. The summed E-state index contributed by atoms with van der Waals surface area (Å²) in [6.07, 6.45) is 8.62. The molecule has 2 N–H and O–H groups in total. The minimum Gasteiger partial charge on any atom is -0.338 e. The molecule has 2 amide bonds. The van der Waals surface area contributed by atoms with E-state index >= 15 is 0 Å². The fourth-order valence-corrected chi connectivity index (χ4v) is 4.08. The number of hydrogen-bond acceptors (Lipinski definition) is 4. The minimum absolute atomic E-state index is 0.250. The Morgan fingerprint density at radius 1 is 1.31 bits per heavy atom. The summed E-state index contributed by atoms with van der Waals surface area (Å²) in [7, 11) is 0. The van der Waals surface area contributed by atoms with Crippen LogP contribution in [0.1, 0.15) is 44.0 Å². The van der Waals surface area contributed by atoms with E-state index in [4.69, 9.17) is 11.6 Å². The van der Waals surface area contributed by atoms with Crippen LogP contribution in [0.2, 0.25) is 5.02 Å². The van der Waals surface area contributed by atoms with Crippen LogP contribution in [0.3, 0.4) is 0 Å². The SMILES string of the molecule is CSc1nnc(CCCNC(=O)Nc2ccccc2Cl)n1C1CCCC1. The van der Waals surface area contributed by atoms with E-state index in [9.17, 15) is 4.79 Å². The zero-order chi connectivity index (χ0) is 18.4. The molecule has 140 valence electrons. The molecule has 1 aliphatic carbocycles. The molecule has 1 saturated carbocycles. The predicted octanol–water partition coefficient (Wildman–Crippen LogP) is 4.52. The van der Waals surface area contributed by atoms with Crippen LogP contribution in [0.5, 0.6) is 0 Å². The van der Waals surface area contributed by atoms with Crippen LogP contribution >= 0.6 is 23.4 Å². The molecule has 1 heterocycles. The van der Waals surface area contributed by atoms with Gasteiger partial charge in [-0.15, -0.1) is 10.2 Å². The third-order valence-corrected chi connectivity index (χ3v) is 5.57. The van der Waals surface area contributed by atoms with Crippen LogP contribution in [0.25, 0.3) is 0 Å². The topological polar surface area (TPSA) is 71.8 Å². The van der Waals surface area contributed by atoms with Gasteiger partial charge < -0.3 is 15.2 Å². The van der Waals surface area contributed by atoms with Crippen molar-refractivity contribution in [3.8, 4) is 0 Å². The fraction of sp³-hybridized carbons (Fsp3) is 0.500. The maximum absolute atomic E-state index is 12.0. The average molecular weight is 394 g/mol. The van der Waals surface area contributed by atoms with E-state index < -0.39 is 0 Å². The van der Waals surface area contributed by atoms with Gasteiger partial charge in [-0.1, -0.05) is 48.3 Å². The lowest BCUT2D eigenvalue weighted by Crippen LogP contribution is -2.30. The van der Waals surface area contributed by atoms with E-state index in [1.54, 1.807) is 23.9 Å². The highest BCUT2D eigenvalue weighted by atomic mass is 35.5. The number of urea groups is 1. The van der Waals surface area contributed by atoms with Crippen molar-refractivity contribution in [1.82, 2.24) is 20.1 Å². The predicted molar refractivity (Wildman–Crippen MR) is 106 cm³/mol. The number of benzene rings is 1. The number of nitrogens with one attached hydrogen (secondary N) is 2. The lowest BCUT2D eigenvalue weighted by Gasteiger charge is -2.16. The molecule has 1 aromatic carbocycles. The summed E-state index contributed by atoms with van der Waals surface area (Å²) in [6, 6.07) is 7.46. The standard InChI is InChI=1S/C18H24ClN5OS/c1-26-18-23-22-16(24(18)13-7-2-3-8-13)11-6-12-20-17(25)21-15-10-5-4-9-14(15)19/h4-5,9-10,13H,2-3,6-8,11-12H2,1H3,(H2,20,21,25). The van der Waals surface area contributed by atoms with Gasteiger partial charge in [0.15, 0.2) is 5.16 Å². The monoisotopic (exact) mass is 393 g/mol. The second-order valence-electron chi connectivity index (χ2n) is 6.38. The van der Waals surface area contributed by atoms with Crippen molar-refractivity contribution in [2.75, 3.05) is 18.1 Å². The molecular formula is C18H24ClN5OS. The van der Waals surface area contributed by atoms with Crippen LogP contribution < -0.4 is 10.6 Å². The summed E-state index contributed by atoms with van der Waals surface area (Å²) in [6.45, 7) is 0.572. The highest BCUT2D eigenvalue weighted by molar-refractivity contribution is 7.98. The van der Waals surface area contributed by atoms with Gasteiger partial charge in [0.25, 0.3) is 0 Å². The minimum atomic E-state index is -0.250. The van der Waals surface area contributed by atoms with Crippen molar-refractivity contribution in [3.63, 3.8) is 0 Å². The molecule has 8 heteroatoms. The second-order valence-corrected chi connectivity index (χ2v) is 7.56. The van der Waals surface area contributed by atoms with Gasteiger partial charge in [-0.2, -0.15) is 0 Å². The Bertz CT molecular complexity index is 745. The first-order valence-corrected chi connectivity index (χ1v) is 10.6. The maximum Gasteiger partial charge on any atom is 0.319 e. The van der Waals surface area contributed by atoms with E-state index in [1.807, 2.05) is 18.4 Å². The molecule has 3 rings (SSSR count). The van der Waals surface area contributed by atoms with Crippen molar-refractivity contribution in [3.05, 3.63) is 35.1 Å². The van der Waals surface area contributed by atoms with E-state index in [2.05, 4.69) is 25.4 Å². The van der Waals surface area contributed by atoms with Gasteiger partial charge >= 0.3 is 6.03 Å². The Morgan fingerprint density at radius 3 is 2.81 bits per heavy atom. The number of rotatable bonds is 7. The summed E-state index contributed by atoms with van der Waals surface area (Å²) in [5, 5.41) is 15.8. The summed E-state index contributed by atoms with van der Waals surface area (Å²) in [5.74, 6) is 1.02. The summed E-state index contributed by atoms with van der Waals surface area (Å²) in [4.78, 5) is 12.0. The van der Waals surface area contributed by atoms with E-state index in [-0.39, 0.29) is 6.03 Å². The van der Waals surface area contributed by atoms with Gasteiger partial charge in [0.2, 0.25) is 0 Å². The van der Waals surface area contributed by atoms with Gasteiger partial charge in [0, 0.05) is 19.0 Å². The van der Waals surface area contributed by atoms with Crippen molar-refractivity contribution in [2.24, 2.45) is 0 Å². The van der Waals surface area contributed by atoms with Gasteiger partial charge in [-0.05, 0) is 37.7 Å². The van der Waals surface area contributed by atoms with Crippen molar-refractivity contribution < 1.29 is 4.79 Å². The Morgan fingerprint density at radius 2 is 2.08 bits per heavy atom. The molecule has 0 atom stereocenters. The Kier molecular flexibility index (Phi) is 6.80. The molecule has 2 aromatic rings. The van der Waals surface area contributed by atoms with Crippen LogP contribution in [-0.2, 0) is 6.42 Å². The number of anilines is 1. The molecule has 0 bridgehead atoms. The molecule has 1 aromatic heterocycles. The van der Waals surface area contributed by atoms with Crippen LogP contribution in [0.4, 0.5) is 10.5 Å². The molecule has 1 aliphatic rings. The first-order valence-electron chi connectivity index (χ1n) is 8.96. The fourth-order valence-electron chi connectivity index (χ4n) is 3.32. The number of carbonyl (C=O) groups is 1. The molecule has 0 spiro atoms. The number of halogens is 1. The molecule has 0 radical (unpaired) electrons. The number of hydrogen-bond donors (Lipinski definition) is 2. The number of thioether (sulfide) groups is 1. The first-order chi connectivity index (χ1) is 12.7. The maximum atomic E-state index is 12.0. The van der Waals surface area contributed by atoms with Crippen molar-refractivity contribution >= 4 is 35.1 Å². The molecule has 26 heavy (non-hydrogen) atoms. The highest BCUT2D eigenvalue weighted by Crippen LogP contribution is 2.33. The van der Waals surface area contributed by atoms with E-state index in [0.29, 0.717) is 23.3 Å². The van der Waals surface area contributed by atoms with Crippen LogP contribution in [0, 0.1) is 0 Å². The lowest BCUT2D eigenvalue weighted by atomic mass is 10.2. The Hall–Kier alpha value is -1.73. The molecule has 0 aliphatic heterocycles. The first kappa shape index (κ1) is 19.0. The molecular weight excluding hydrogens is 370 g/mol. The van der Waals surface area contributed by atoms with Gasteiger partial charge in [-0.3, -0.25) is 0 Å². The molecule has 1 fully saturated rings. The Balaban J connectivity index is 1.48. The smallest absolute Gasteiger partial charge is 0.319 e. The van der Waals surface area contributed by atoms with E-state index in [0.717, 1.165) is 23.8 Å². The van der Waals surface area contributed by atoms with Crippen molar-refractivity contribution in [2.45, 2.75) is 49.7 Å². The number of nitrogens with zero attached hydrogens (tertiary/aromatic N) is 3. The van der Waals surface area contributed by atoms with Gasteiger partial charge in [-0.25, -0.2) is 4.79 Å². The third kappa shape index (κ3) is 4.71. The van der Waals surface area contributed by atoms with E-state index in [1.165, 1.54) is 25.7 Å². The number of aromatic nitrogens is 3. The summed E-state index contributed by atoms with van der Waals surface area (Å²) >= 11 is 7.69. The normalized spacial score (nSPS) is 14.5. The largest absolute Gasteiger partial charge is 0.338 e. The van der Waals surface area contributed by atoms with Crippen molar-refractivity contribution in [1.29, 1.82) is 0 Å².